The Morgan fingerprint density at radius 1 is 1.35 bits per heavy atom. The minimum Gasteiger partial charge on any atom is -0.469 e. The monoisotopic (exact) mass is 298 g/mol. The number of thiazole rings is 1. The van der Waals surface area contributed by atoms with Crippen LogP contribution in [0.4, 0.5) is 5.13 Å². The molecular weight excluding hydrogens is 276 g/mol. The van der Waals surface area contributed by atoms with Gasteiger partial charge in [0.15, 0.2) is 5.13 Å². The number of rotatable bonds is 8. The maximum Gasteiger partial charge on any atom is 0.311 e. The van der Waals surface area contributed by atoms with Crippen molar-refractivity contribution in [2.24, 2.45) is 5.92 Å². The summed E-state index contributed by atoms with van der Waals surface area (Å²) in [6, 6.07) is 0. The van der Waals surface area contributed by atoms with E-state index < -0.39 is 0 Å². The van der Waals surface area contributed by atoms with Crippen molar-refractivity contribution in [3.63, 3.8) is 0 Å². The topological polar surface area (TPSA) is 68.3 Å². The van der Waals surface area contributed by atoms with Crippen LogP contribution in [0.1, 0.15) is 45.2 Å². The molecule has 0 saturated carbocycles. The summed E-state index contributed by atoms with van der Waals surface area (Å²) in [5.41, 5.74) is 0.625. The summed E-state index contributed by atoms with van der Waals surface area (Å²) in [6.07, 6.45) is 3.89. The van der Waals surface area contributed by atoms with Gasteiger partial charge in [-0.05, 0) is 12.8 Å². The average Bonchev–Trinajstić information content (AvgIpc) is 2.85. The lowest BCUT2D eigenvalue weighted by Crippen LogP contribution is -2.22. The fraction of sp³-hybridized carbons (Fsp3) is 0.643. The molecule has 20 heavy (non-hydrogen) atoms. The second-order valence-corrected chi connectivity index (χ2v) is 5.52. The number of carbonyl (C=O) groups excluding carboxylic acids is 2. The number of esters is 1. The third-order valence-electron chi connectivity index (χ3n) is 2.98. The predicted octanol–water partition coefficient (Wildman–Crippen LogP) is 3.01. The van der Waals surface area contributed by atoms with Gasteiger partial charge in [-0.3, -0.25) is 9.59 Å². The predicted molar refractivity (Wildman–Crippen MR) is 79.8 cm³/mol. The van der Waals surface area contributed by atoms with Gasteiger partial charge >= 0.3 is 5.97 Å². The first-order valence-electron chi connectivity index (χ1n) is 6.92. The van der Waals surface area contributed by atoms with E-state index in [9.17, 15) is 9.59 Å². The second kappa shape index (κ2) is 8.68. The minimum atomic E-state index is -0.331. The van der Waals surface area contributed by atoms with Crippen molar-refractivity contribution >= 4 is 28.3 Å². The van der Waals surface area contributed by atoms with E-state index in [0.717, 1.165) is 25.7 Å². The van der Waals surface area contributed by atoms with Crippen LogP contribution in [0.15, 0.2) is 5.38 Å². The summed E-state index contributed by atoms with van der Waals surface area (Å²) in [4.78, 5) is 27.5. The molecule has 1 amide bonds. The van der Waals surface area contributed by atoms with Gasteiger partial charge in [0.05, 0.1) is 19.2 Å². The molecule has 0 aliphatic heterocycles. The highest BCUT2D eigenvalue weighted by molar-refractivity contribution is 7.13. The molecule has 0 atom stereocenters. The zero-order valence-electron chi connectivity index (χ0n) is 12.3. The summed E-state index contributed by atoms with van der Waals surface area (Å²) in [5.74, 6) is -0.270. The van der Waals surface area contributed by atoms with Crippen LogP contribution in [0.5, 0.6) is 0 Å². The first kappa shape index (κ1) is 16.6. The van der Waals surface area contributed by atoms with Crippen LogP contribution in [0.2, 0.25) is 0 Å². The van der Waals surface area contributed by atoms with Gasteiger partial charge in [-0.2, -0.15) is 0 Å². The van der Waals surface area contributed by atoms with Gasteiger partial charge in [-0.15, -0.1) is 11.3 Å². The molecular formula is C14H22N2O3S. The standard InChI is InChI=1S/C14H22N2O3S/c1-4-6-10(7-5-2)13(18)16-14-15-11(9-20-14)8-12(17)19-3/h9-10H,4-8H2,1-3H3,(H,15,16,18). The van der Waals surface area contributed by atoms with E-state index in [1.54, 1.807) is 5.38 Å². The van der Waals surface area contributed by atoms with Gasteiger partial charge in [0.2, 0.25) is 5.91 Å². The molecule has 0 aromatic carbocycles. The van der Waals surface area contributed by atoms with E-state index in [4.69, 9.17) is 0 Å². The van der Waals surface area contributed by atoms with Crippen LogP contribution >= 0.6 is 11.3 Å². The third kappa shape index (κ3) is 5.28. The first-order chi connectivity index (χ1) is 9.60. The molecule has 6 heteroatoms. The largest absolute Gasteiger partial charge is 0.469 e. The number of nitrogens with one attached hydrogen (secondary N) is 1. The summed E-state index contributed by atoms with van der Waals surface area (Å²) < 4.78 is 4.58. The van der Waals surface area contributed by atoms with Gasteiger partial charge < -0.3 is 10.1 Å². The van der Waals surface area contributed by atoms with Crippen molar-refractivity contribution < 1.29 is 14.3 Å². The number of anilines is 1. The normalized spacial score (nSPS) is 10.6. The molecule has 0 aliphatic carbocycles. The van der Waals surface area contributed by atoms with E-state index in [0.29, 0.717) is 10.8 Å². The van der Waals surface area contributed by atoms with E-state index in [-0.39, 0.29) is 24.2 Å². The van der Waals surface area contributed by atoms with Crippen molar-refractivity contribution in [3.8, 4) is 0 Å². The van der Waals surface area contributed by atoms with Gasteiger partial charge in [0.25, 0.3) is 0 Å². The highest BCUT2D eigenvalue weighted by Gasteiger charge is 2.18. The van der Waals surface area contributed by atoms with Crippen LogP contribution in [-0.2, 0) is 20.7 Å². The van der Waals surface area contributed by atoms with Crippen LogP contribution in [0.3, 0.4) is 0 Å². The van der Waals surface area contributed by atoms with E-state index in [1.807, 2.05) is 0 Å². The summed E-state index contributed by atoms with van der Waals surface area (Å²) in [5, 5.41) is 5.15. The SMILES string of the molecule is CCCC(CCC)C(=O)Nc1nc(CC(=O)OC)cs1. The van der Waals surface area contributed by atoms with Gasteiger partial charge in [-0.25, -0.2) is 4.98 Å². The minimum absolute atomic E-state index is 0.0210. The zero-order chi connectivity index (χ0) is 15.0. The first-order valence-corrected chi connectivity index (χ1v) is 7.80. The van der Waals surface area contributed by atoms with Gasteiger partial charge in [0, 0.05) is 11.3 Å². The van der Waals surface area contributed by atoms with E-state index in [2.05, 4.69) is 28.9 Å². The Hall–Kier alpha value is -1.43. The summed E-state index contributed by atoms with van der Waals surface area (Å²) in [6.45, 7) is 4.15. The number of carbonyl (C=O) groups is 2. The molecule has 0 bridgehead atoms. The highest BCUT2D eigenvalue weighted by Crippen LogP contribution is 2.20. The van der Waals surface area contributed by atoms with Crippen molar-refractivity contribution in [1.29, 1.82) is 0 Å². The van der Waals surface area contributed by atoms with Crippen molar-refractivity contribution in [2.75, 3.05) is 12.4 Å². The lowest BCUT2D eigenvalue weighted by Gasteiger charge is -2.13. The Morgan fingerprint density at radius 3 is 2.55 bits per heavy atom. The molecule has 0 aliphatic rings. The fourth-order valence-corrected chi connectivity index (χ4v) is 2.69. The Labute approximate surface area is 123 Å². The van der Waals surface area contributed by atoms with Crippen LogP contribution in [0, 0.1) is 5.92 Å². The molecule has 0 spiro atoms. The number of aromatic nitrogens is 1. The molecule has 1 aromatic rings. The average molecular weight is 298 g/mol. The molecule has 0 fully saturated rings. The number of amides is 1. The number of methoxy groups -OCH3 is 1. The number of hydrogen-bond acceptors (Lipinski definition) is 5. The van der Waals surface area contributed by atoms with E-state index in [1.165, 1.54) is 18.4 Å². The number of hydrogen-bond donors (Lipinski definition) is 1. The lowest BCUT2D eigenvalue weighted by molar-refractivity contribution is -0.139. The molecule has 1 rings (SSSR count). The zero-order valence-corrected chi connectivity index (χ0v) is 13.1. The van der Waals surface area contributed by atoms with Gasteiger partial charge in [0.1, 0.15) is 0 Å². The van der Waals surface area contributed by atoms with Crippen molar-refractivity contribution in [2.45, 2.75) is 46.0 Å². The second-order valence-electron chi connectivity index (χ2n) is 4.66. The fourth-order valence-electron chi connectivity index (χ4n) is 1.98. The number of ether oxygens (including phenoxy) is 1. The molecule has 1 heterocycles. The Balaban J connectivity index is 2.58. The maximum atomic E-state index is 12.1. The Bertz CT molecular complexity index is 439. The van der Waals surface area contributed by atoms with Crippen LogP contribution in [0.25, 0.3) is 0 Å². The molecule has 0 unspecified atom stereocenters. The molecule has 5 nitrogen and oxygen atoms in total. The molecule has 0 saturated heterocycles. The van der Waals surface area contributed by atoms with E-state index >= 15 is 0 Å². The molecule has 1 aromatic heterocycles. The quantitative estimate of drug-likeness (QED) is 0.749. The smallest absolute Gasteiger partial charge is 0.311 e. The molecule has 112 valence electrons. The molecule has 0 radical (unpaired) electrons. The Kier molecular flexibility index (Phi) is 7.22. The summed E-state index contributed by atoms with van der Waals surface area (Å²) >= 11 is 1.33. The van der Waals surface area contributed by atoms with Crippen molar-refractivity contribution in [3.05, 3.63) is 11.1 Å². The van der Waals surface area contributed by atoms with Crippen molar-refractivity contribution in [1.82, 2.24) is 4.98 Å². The number of nitrogens with zero attached hydrogens (tertiary/aromatic N) is 1. The maximum absolute atomic E-state index is 12.1. The lowest BCUT2D eigenvalue weighted by atomic mass is 9.97. The summed E-state index contributed by atoms with van der Waals surface area (Å²) in [7, 11) is 1.34. The Morgan fingerprint density at radius 2 is 2.00 bits per heavy atom. The highest BCUT2D eigenvalue weighted by atomic mass is 32.1. The van der Waals surface area contributed by atoms with Crippen LogP contribution < -0.4 is 5.32 Å². The third-order valence-corrected chi connectivity index (χ3v) is 3.79. The molecule has 1 N–H and O–H groups in total. The van der Waals surface area contributed by atoms with Crippen LogP contribution in [-0.4, -0.2) is 24.0 Å². The van der Waals surface area contributed by atoms with Gasteiger partial charge in [-0.1, -0.05) is 26.7 Å².